The monoisotopic (exact) mass is 248 g/mol. The molecule has 2 nitrogen and oxygen atoms in total. The molecular formula is C16H28N2. The van der Waals surface area contributed by atoms with E-state index in [0.29, 0.717) is 0 Å². The predicted molar refractivity (Wildman–Crippen MR) is 80.5 cm³/mol. The van der Waals surface area contributed by atoms with E-state index >= 15 is 0 Å². The van der Waals surface area contributed by atoms with Crippen molar-refractivity contribution in [3.63, 3.8) is 0 Å². The van der Waals surface area contributed by atoms with Gasteiger partial charge in [-0.05, 0) is 50.1 Å². The van der Waals surface area contributed by atoms with Crippen LogP contribution < -0.4 is 10.6 Å². The van der Waals surface area contributed by atoms with Crippen molar-refractivity contribution in [1.29, 1.82) is 0 Å². The van der Waals surface area contributed by atoms with Crippen LogP contribution in [-0.4, -0.2) is 26.7 Å². The van der Waals surface area contributed by atoms with E-state index in [4.69, 9.17) is 0 Å². The highest BCUT2D eigenvalue weighted by Crippen LogP contribution is 2.28. The summed E-state index contributed by atoms with van der Waals surface area (Å²) < 4.78 is 0. The highest BCUT2D eigenvalue weighted by molar-refractivity contribution is 5.40. The van der Waals surface area contributed by atoms with Crippen molar-refractivity contribution in [2.24, 2.45) is 0 Å². The molecule has 0 atom stereocenters. The van der Waals surface area contributed by atoms with Gasteiger partial charge in [0.15, 0.2) is 0 Å². The SMILES string of the molecule is CNCCNCC(C)(C)c1cc(C)c(C)cc1C. The summed E-state index contributed by atoms with van der Waals surface area (Å²) in [5, 5.41) is 6.68. The van der Waals surface area contributed by atoms with E-state index < -0.39 is 0 Å². The summed E-state index contributed by atoms with van der Waals surface area (Å²) in [5.41, 5.74) is 5.81. The Morgan fingerprint density at radius 3 is 2.17 bits per heavy atom. The van der Waals surface area contributed by atoms with Crippen LogP contribution in [0.1, 0.15) is 36.1 Å². The van der Waals surface area contributed by atoms with E-state index in [1.54, 1.807) is 0 Å². The third-order valence-electron chi connectivity index (χ3n) is 3.69. The second kappa shape index (κ2) is 6.35. The third-order valence-corrected chi connectivity index (χ3v) is 3.69. The van der Waals surface area contributed by atoms with Gasteiger partial charge in [0.05, 0.1) is 0 Å². The first-order chi connectivity index (χ1) is 8.38. The van der Waals surface area contributed by atoms with Crippen molar-refractivity contribution in [1.82, 2.24) is 10.6 Å². The lowest BCUT2D eigenvalue weighted by molar-refractivity contribution is 0.466. The zero-order chi connectivity index (χ0) is 13.8. The number of hydrogen-bond acceptors (Lipinski definition) is 2. The molecular weight excluding hydrogens is 220 g/mol. The molecule has 1 aromatic carbocycles. The maximum atomic E-state index is 3.52. The Labute approximate surface area is 112 Å². The second-order valence-electron chi connectivity index (χ2n) is 5.92. The lowest BCUT2D eigenvalue weighted by Crippen LogP contribution is -2.36. The molecule has 0 saturated carbocycles. The highest BCUT2D eigenvalue weighted by atomic mass is 14.9. The molecule has 18 heavy (non-hydrogen) atoms. The molecule has 0 aliphatic rings. The second-order valence-corrected chi connectivity index (χ2v) is 5.92. The van der Waals surface area contributed by atoms with Crippen LogP contribution in [0.25, 0.3) is 0 Å². The maximum Gasteiger partial charge on any atom is 0.00769 e. The van der Waals surface area contributed by atoms with Crippen molar-refractivity contribution < 1.29 is 0 Å². The molecule has 2 heteroatoms. The molecule has 2 N–H and O–H groups in total. The van der Waals surface area contributed by atoms with Crippen LogP contribution in [0.4, 0.5) is 0 Å². The molecule has 0 aliphatic carbocycles. The predicted octanol–water partition coefficient (Wildman–Crippen LogP) is 2.70. The number of rotatable bonds is 6. The smallest absolute Gasteiger partial charge is 0.00769 e. The Balaban J connectivity index is 2.80. The number of hydrogen-bond donors (Lipinski definition) is 2. The van der Waals surface area contributed by atoms with E-state index in [2.05, 4.69) is 57.4 Å². The summed E-state index contributed by atoms with van der Waals surface area (Å²) in [6, 6.07) is 4.66. The van der Waals surface area contributed by atoms with Crippen LogP contribution in [0, 0.1) is 20.8 Å². The van der Waals surface area contributed by atoms with Crippen LogP contribution in [0.3, 0.4) is 0 Å². The van der Waals surface area contributed by atoms with Crippen LogP contribution in [0.2, 0.25) is 0 Å². The Morgan fingerprint density at radius 2 is 1.56 bits per heavy atom. The molecule has 1 rings (SSSR count). The van der Waals surface area contributed by atoms with E-state index in [0.717, 1.165) is 19.6 Å². The van der Waals surface area contributed by atoms with Crippen molar-refractivity contribution >= 4 is 0 Å². The van der Waals surface area contributed by atoms with Crippen molar-refractivity contribution in [2.75, 3.05) is 26.7 Å². The summed E-state index contributed by atoms with van der Waals surface area (Å²) in [4.78, 5) is 0. The summed E-state index contributed by atoms with van der Waals surface area (Å²) in [6.07, 6.45) is 0. The lowest BCUT2D eigenvalue weighted by atomic mass is 9.80. The molecule has 0 radical (unpaired) electrons. The topological polar surface area (TPSA) is 24.1 Å². The minimum atomic E-state index is 0.177. The molecule has 0 bridgehead atoms. The average Bonchev–Trinajstić information content (AvgIpc) is 2.29. The van der Waals surface area contributed by atoms with Gasteiger partial charge < -0.3 is 10.6 Å². The van der Waals surface area contributed by atoms with Crippen molar-refractivity contribution in [3.05, 3.63) is 34.4 Å². The van der Waals surface area contributed by atoms with Crippen molar-refractivity contribution in [3.8, 4) is 0 Å². The van der Waals surface area contributed by atoms with Crippen LogP contribution >= 0.6 is 0 Å². The zero-order valence-corrected chi connectivity index (χ0v) is 12.8. The Kier molecular flexibility index (Phi) is 5.36. The molecule has 0 heterocycles. The van der Waals surface area contributed by atoms with Crippen LogP contribution in [-0.2, 0) is 5.41 Å². The van der Waals surface area contributed by atoms with Gasteiger partial charge in [-0.15, -0.1) is 0 Å². The van der Waals surface area contributed by atoms with E-state index in [1.165, 1.54) is 22.3 Å². The minimum absolute atomic E-state index is 0.177. The average molecular weight is 248 g/mol. The normalized spacial score (nSPS) is 11.9. The highest BCUT2D eigenvalue weighted by Gasteiger charge is 2.22. The first-order valence-corrected chi connectivity index (χ1v) is 6.82. The van der Waals surface area contributed by atoms with Gasteiger partial charge in [0.1, 0.15) is 0 Å². The summed E-state index contributed by atoms with van der Waals surface area (Å²) in [5.74, 6) is 0. The molecule has 0 amide bonds. The minimum Gasteiger partial charge on any atom is -0.318 e. The van der Waals surface area contributed by atoms with Crippen LogP contribution in [0.15, 0.2) is 12.1 Å². The summed E-state index contributed by atoms with van der Waals surface area (Å²) in [7, 11) is 1.99. The van der Waals surface area contributed by atoms with E-state index in [-0.39, 0.29) is 5.41 Å². The van der Waals surface area contributed by atoms with Gasteiger partial charge in [0.25, 0.3) is 0 Å². The fourth-order valence-electron chi connectivity index (χ4n) is 2.40. The molecule has 0 unspecified atom stereocenters. The Bertz CT molecular complexity index is 394. The number of aryl methyl sites for hydroxylation is 3. The number of benzene rings is 1. The largest absolute Gasteiger partial charge is 0.318 e. The van der Waals surface area contributed by atoms with Gasteiger partial charge >= 0.3 is 0 Å². The fourth-order valence-corrected chi connectivity index (χ4v) is 2.40. The summed E-state index contributed by atoms with van der Waals surface area (Å²) in [6.45, 7) is 14.3. The Hall–Kier alpha value is -0.860. The zero-order valence-electron chi connectivity index (χ0n) is 12.8. The molecule has 0 aromatic heterocycles. The molecule has 0 aliphatic heterocycles. The molecule has 102 valence electrons. The lowest BCUT2D eigenvalue weighted by Gasteiger charge is -2.28. The van der Waals surface area contributed by atoms with Crippen molar-refractivity contribution in [2.45, 2.75) is 40.0 Å². The van der Waals surface area contributed by atoms with Gasteiger partial charge in [-0.25, -0.2) is 0 Å². The molecule has 0 saturated heterocycles. The standard InChI is InChI=1S/C16H28N2/c1-12-9-14(3)15(10-13(12)2)16(4,5)11-18-8-7-17-6/h9-10,17-18H,7-8,11H2,1-6H3. The number of likely N-dealkylation sites (N-methyl/N-ethyl adjacent to an activating group) is 1. The maximum absolute atomic E-state index is 3.52. The van der Waals surface area contributed by atoms with Gasteiger partial charge in [-0.3, -0.25) is 0 Å². The van der Waals surface area contributed by atoms with Gasteiger partial charge in [0, 0.05) is 25.0 Å². The molecule has 0 fully saturated rings. The van der Waals surface area contributed by atoms with Gasteiger partial charge in [-0.2, -0.15) is 0 Å². The van der Waals surface area contributed by atoms with Gasteiger partial charge in [0.2, 0.25) is 0 Å². The fraction of sp³-hybridized carbons (Fsp3) is 0.625. The van der Waals surface area contributed by atoms with E-state index in [9.17, 15) is 0 Å². The summed E-state index contributed by atoms with van der Waals surface area (Å²) >= 11 is 0. The molecule has 1 aromatic rings. The first kappa shape index (κ1) is 15.2. The number of nitrogens with one attached hydrogen (secondary N) is 2. The first-order valence-electron chi connectivity index (χ1n) is 6.82. The molecule has 0 spiro atoms. The Morgan fingerprint density at radius 1 is 0.944 bits per heavy atom. The quantitative estimate of drug-likeness (QED) is 0.756. The van der Waals surface area contributed by atoms with Gasteiger partial charge in [-0.1, -0.05) is 26.0 Å². The van der Waals surface area contributed by atoms with Crippen LogP contribution in [0.5, 0.6) is 0 Å². The van der Waals surface area contributed by atoms with E-state index in [1.807, 2.05) is 7.05 Å². The third kappa shape index (κ3) is 3.82.